The van der Waals surface area contributed by atoms with Crippen LogP contribution >= 0.6 is 0 Å². The zero-order valence-corrected chi connectivity index (χ0v) is 22.2. The van der Waals surface area contributed by atoms with Crippen molar-refractivity contribution in [1.82, 2.24) is 34.9 Å². The fraction of sp³-hybridized carbons (Fsp3) is 0.667. The molecule has 36 heavy (non-hydrogen) atoms. The summed E-state index contributed by atoms with van der Waals surface area (Å²) in [6.45, 7) is 13.0. The second-order valence-electron chi connectivity index (χ2n) is 10.7. The smallest absolute Gasteiger partial charge is 0.321 e. The van der Waals surface area contributed by atoms with Gasteiger partial charge in [0.05, 0.1) is 30.6 Å². The monoisotopic (exact) mass is 504 g/mol. The van der Waals surface area contributed by atoms with Gasteiger partial charge in [-0.1, -0.05) is 0 Å². The Balaban J connectivity index is 1.52. The van der Waals surface area contributed by atoms with E-state index in [-0.39, 0.29) is 29.4 Å². The lowest BCUT2D eigenvalue weighted by Gasteiger charge is -2.50. The van der Waals surface area contributed by atoms with E-state index < -0.39 is 11.4 Å². The van der Waals surface area contributed by atoms with Gasteiger partial charge in [-0.15, -0.1) is 0 Å². The molecule has 2 aromatic heterocycles. The predicted octanol–water partition coefficient (Wildman–Crippen LogP) is 3.08. The molecule has 0 radical (unpaired) electrons. The first-order valence-corrected chi connectivity index (χ1v) is 12.2. The standard InChI is InChI=1S/C24H37FN8O3/c1-15-12-31(6)23(2,3)14-32(15)22(34)33-13-16-18(24(33,4)5)29-30-19(16)27-20-17(25)11-26-21(28-20)36-10-8-9-35-7/h11,15H,8-10,12-14H2,1-7H3,(H2,26,27,28,29,30)/t15-/m0/s1. The van der Waals surface area contributed by atoms with Gasteiger partial charge in [0.25, 0.3) is 0 Å². The molecular weight excluding hydrogens is 467 g/mol. The second kappa shape index (κ2) is 9.81. The minimum atomic E-state index is -0.630. The molecular formula is C24H37FN8O3. The van der Waals surface area contributed by atoms with E-state index in [0.717, 1.165) is 24.0 Å². The molecule has 0 saturated carbocycles. The Hall–Kier alpha value is -2.99. The second-order valence-corrected chi connectivity index (χ2v) is 10.7. The molecule has 1 fully saturated rings. The summed E-state index contributed by atoms with van der Waals surface area (Å²) in [7, 11) is 3.70. The molecule has 1 saturated heterocycles. The highest BCUT2D eigenvalue weighted by atomic mass is 19.1. The van der Waals surface area contributed by atoms with Gasteiger partial charge in [-0.3, -0.25) is 10.00 Å². The number of aromatic amines is 1. The maximum absolute atomic E-state index is 14.5. The van der Waals surface area contributed by atoms with Crippen molar-refractivity contribution < 1.29 is 18.7 Å². The van der Waals surface area contributed by atoms with Crippen molar-refractivity contribution in [2.75, 3.05) is 45.8 Å². The molecule has 2 aliphatic rings. The number of piperazine rings is 1. The van der Waals surface area contributed by atoms with Crippen LogP contribution in [0.25, 0.3) is 0 Å². The van der Waals surface area contributed by atoms with Crippen molar-refractivity contribution in [2.45, 2.75) is 64.7 Å². The number of hydrogen-bond donors (Lipinski definition) is 2. The highest BCUT2D eigenvalue weighted by Gasteiger charge is 2.47. The molecule has 2 amide bonds. The number of fused-ring (bicyclic) bond motifs is 1. The number of nitrogens with one attached hydrogen (secondary N) is 2. The minimum Gasteiger partial charge on any atom is -0.463 e. The van der Waals surface area contributed by atoms with Gasteiger partial charge < -0.3 is 24.6 Å². The fourth-order valence-corrected chi connectivity index (χ4v) is 4.76. The molecule has 0 spiro atoms. The molecule has 2 N–H and O–H groups in total. The number of anilines is 2. The molecule has 2 aromatic rings. The summed E-state index contributed by atoms with van der Waals surface area (Å²) in [6, 6.07) is 0.119. The Morgan fingerprint density at radius 3 is 2.75 bits per heavy atom. The third kappa shape index (κ3) is 4.83. The first kappa shape index (κ1) is 26.1. The van der Waals surface area contributed by atoms with Crippen LogP contribution in [0.1, 0.15) is 52.3 Å². The number of carbonyl (C=O) groups excluding carboxylic acids is 1. The number of rotatable bonds is 7. The third-order valence-corrected chi connectivity index (χ3v) is 7.29. The van der Waals surface area contributed by atoms with Gasteiger partial charge >= 0.3 is 12.0 Å². The number of methoxy groups -OCH3 is 1. The lowest BCUT2D eigenvalue weighted by atomic mass is 9.96. The summed E-state index contributed by atoms with van der Waals surface area (Å²) in [4.78, 5) is 27.9. The molecule has 0 aromatic carbocycles. The van der Waals surface area contributed by atoms with E-state index in [1.54, 1.807) is 7.11 Å². The Morgan fingerprint density at radius 1 is 1.28 bits per heavy atom. The molecule has 2 aliphatic heterocycles. The van der Waals surface area contributed by atoms with Crippen LogP contribution < -0.4 is 10.1 Å². The van der Waals surface area contributed by atoms with Crippen molar-refractivity contribution in [3.8, 4) is 6.01 Å². The first-order chi connectivity index (χ1) is 17.0. The van der Waals surface area contributed by atoms with E-state index in [4.69, 9.17) is 9.47 Å². The van der Waals surface area contributed by atoms with Crippen LogP contribution in [0, 0.1) is 5.82 Å². The molecule has 1 atom stereocenters. The number of likely N-dealkylation sites (N-methyl/N-ethyl adjacent to an activating group) is 1. The number of ether oxygens (including phenoxy) is 2. The van der Waals surface area contributed by atoms with Gasteiger partial charge in [0, 0.05) is 50.4 Å². The fourth-order valence-electron chi connectivity index (χ4n) is 4.76. The number of H-pyrrole nitrogens is 1. The molecule has 4 rings (SSSR count). The van der Waals surface area contributed by atoms with Crippen molar-refractivity contribution in [3.63, 3.8) is 0 Å². The van der Waals surface area contributed by atoms with Crippen molar-refractivity contribution in [3.05, 3.63) is 23.3 Å². The van der Waals surface area contributed by atoms with Crippen LogP contribution in [0.5, 0.6) is 6.01 Å². The summed E-state index contributed by atoms with van der Waals surface area (Å²) < 4.78 is 25.0. The average molecular weight is 505 g/mol. The number of urea groups is 1. The minimum absolute atomic E-state index is 0.0239. The van der Waals surface area contributed by atoms with Crippen LogP contribution in [0.15, 0.2) is 6.20 Å². The van der Waals surface area contributed by atoms with Gasteiger partial charge in [0.15, 0.2) is 17.5 Å². The van der Waals surface area contributed by atoms with Gasteiger partial charge in [-0.2, -0.15) is 10.1 Å². The molecule has 11 nitrogen and oxygen atoms in total. The van der Waals surface area contributed by atoms with E-state index in [1.165, 1.54) is 0 Å². The van der Waals surface area contributed by atoms with E-state index in [0.29, 0.717) is 38.5 Å². The number of hydrogen-bond acceptors (Lipinski definition) is 8. The average Bonchev–Trinajstić information content (AvgIpc) is 3.33. The van der Waals surface area contributed by atoms with Crippen molar-refractivity contribution in [2.24, 2.45) is 0 Å². The molecule has 198 valence electrons. The Bertz CT molecular complexity index is 1110. The summed E-state index contributed by atoms with van der Waals surface area (Å²) in [6.07, 6.45) is 1.72. The number of amides is 2. The summed E-state index contributed by atoms with van der Waals surface area (Å²) in [5.41, 5.74) is 0.870. The first-order valence-electron chi connectivity index (χ1n) is 12.2. The van der Waals surface area contributed by atoms with Crippen molar-refractivity contribution in [1.29, 1.82) is 0 Å². The Kier molecular flexibility index (Phi) is 7.11. The van der Waals surface area contributed by atoms with Crippen LogP contribution in [0.4, 0.5) is 20.8 Å². The third-order valence-electron chi connectivity index (χ3n) is 7.29. The quantitative estimate of drug-likeness (QED) is 0.554. The summed E-state index contributed by atoms with van der Waals surface area (Å²) in [5.74, 6) is -0.254. The Morgan fingerprint density at radius 2 is 2.03 bits per heavy atom. The van der Waals surface area contributed by atoms with E-state index in [9.17, 15) is 9.18 Å². The Labute approximate surface area is 211 Å². The molecule has 12 heteroatoms. The van der Waals surface area contributed by atoms with Crippen LogP contribution in [-0.4, -0.2) is 92.9 Å². The number of nitrogens with zero attached hydrogens (tertiary/aromatic N) is 6. The lowest BCUT2D eigenvalue weighted by molar-refractivity contribution is 0.00695. The normalized spacial score (nSPS) is 20.9. The highest BCUT2D eigenvalue weighted by molar-refractivity contribution is 5.78. The number of carbonyl (C=O) groups is 1. The zero-order valence-electron chi connectivity index (χ0n) is 22.2. The van der Waals surface area contributed by atoms with E-state index >= 15 is 0 Å². The van der Waals surface area contributed by atoms with Crippen LogP contribution in [0.3, 0.4) is 0 Å². The maximum Gasteiger partial charge on any atom is 0.321 e. The van der Waals surface area contributed by atoms with Crippen LogP contribution in [-0.2, 0) is 16.8 Å². The maximum atomic E-state index is 14.5. The lowest BCUT2D eigenvalue weighted by Crippen LogP contribution is -2.65. The molecule has 4 heterocycles. The predicted molar refractivity (Wildman–Crippen MR) is 133 cm³/mol. The zero-order chi connectivity index (χ0) is 26.3. The van der Waals surface area contributed by atoms with Gasteiger partial charge in [-0.05, 0) is 41.7 Å². The van der Waals surface area contributed by atoms with Crippen molar-refractivity contribution >= 4 is 17.7 Å². The van der Waals surface area contributed by atoms with Gasteiger partial charge in [0.2, 0.25) is 0 Å². The summed E-state index contributed by atoms with van der Waals surface area (Å²) in [5, 5.41) is 10.4. The SMILES string of the molecule is COCCCOc1ncc(F)c(Nc2n[nH]c3c2CN(C(=O)N2CC(C)(C)N(C)C[C@@H]2C)C3(C)C)n1. The topological polar surface area (TPSA) is 112 Å². The van der Waals surface area contributed by atoms with Gasteiger partial charge in [0.1, 0.15) is 0 Å². The van der Waals surface area contributed by atoms with Crippen LogP contribution in [0.2, 0.25) is 0 Å². The molecule has 0 bridgehead atoms. The van der Waals surface area contributed by atoms with Gasteiger partial charge in [-0.25, -0.2) is 14.2 Å². The molecule has 0 aliphatic carbocycles. The number of halogens is 1. The van der Waals surface area contributed by atoms with E-state index in [2.05, 4.69) is 58.2 Å². The summed E-state index contributed by atoms with van der Waals surface area (Å²) >= 11 is 0. The largest absolute Gasteiger partial charge is 0.463 e. The highest BCUT2D eigenvalue weighted by Crippen LogP contribution is 2.42. The molecule has 0 unspecified atom stereocenters. The number of aromatic nitrogens is 4. The van der Waals surface area contributed by atoms with E-state index in [1.807, 2.05) is 23.6 Å².